The Bertz CT molecular complexity index is 605. The van der Waals surface area contributed by atoms with E-state index in [0.29, 0.717) is 4.75 Å². The van der Waals surface area contributed by atoms with Gasteiger partial charge in [0.2, 0.25) is 0 Å². The average molecular weight is 423 g/mol. The summed E-state index contributed by atoms with van der Waals surface area (Å²) in [6.45, 7) is 7.11. The van der Waals surface area contributed by atoms with Gasteiger partial charge in [-0.05, 0) is 0 Å². The second kappa shape index (κ2) is 9.44. The maximum absolute atomic E-state index is 3.70. The molecule has 2 rings (SSSR count). The predicted molar refractivity (Wildman–Crippen MR) is 115 cm³/mol. The first-order chi connectivity index (χ1) is 11.4. The molecular formula is C21H29PSSe. The number of benzene rings is 2. The summed E-state index contributed by atoms with van der Waals surface area (Å²) in [5.41, 5.74) is 2.93. The van der Waals surface area contributed by atoms with Gasteiger partial charge in [0.05, 0.1) is 0 Å². The fourth-order valence-electron chi connectivity index (χ4n) is 2.61. The second-order valence-electron chi connectivity index (χ2n) is 6.94. The summed E-state index contributed by atoms with van der Waals surface area (Å²) in [6, 6.07) is 21.9. The molecule has 2 aromatic carbocycles. The Morgan fingerprint density at radius 3 is 1.62 bits per heavy atom. The minimum absolute atomic E-state index is 0.354. The van der Waals surface area contributed by atoms with E-state index >= 15 is 0 Å². The van der Waals surface area contributed by atoms with Gasteiger partial charge in [-0.15, -0.1) is 0 Å². The molecule has 0 saturated carbocycles. The van der Waals surface area contributed by atoms with Crippen molar-refractivity contribution in [2.24, 2.45) is 0 Å². The van der Waals surface area contributed by atoms with E-state index in [1.165, 1.54) is 42.7 Å². The van der Waals surface area contributed by atoms with Crippen LogP contribution in [-0.2, 0) is 12.8 Å². The third-order valence-corrected chi connectivity index (χ3v) is 14.6. The van der Waals surface area contributed by atoms with Crippen molar-refractivity contribution in [2.75, 3.05) is 12.3 Å². The van der Waals surface area contributed by atoms with E-state index in [0.717, 1.165) is 0 Å². The molecule has 0 aliphatic rings. The van der Waals surface area contributed by atoms with Crippen molar-refractivity contribution >= 4 is 31.2 Å². The molecule has 0 N–H and O–H groups in total. The van der Waals surface area contributed by atoms with Crippen LogP contribution in [0.3, 0.4) is 0 Å². The van der Waals surface area contributed by atoms with Crippen molar-refractivity contribution in [1.82, 2.24) is 0 Å². The Morgan fingerprint density at radius 2 is 1.25 bits per heavy atom. The second-order valence-corrected chi connectivity index (χ2v) is 19.4. The molecule has 0 atom stereocenters. The summed E-state index contributed by atoms with van der Waals surface area (Å²) in [5, 5.41) is 0. The van der Waals surface area contributed by atoms with Crippen molar-refractivity contribution in [3.8, 4) is 0 Å². The number of hydrogen-bond acceptors (Lipinski definition) is 1. The fraction of sp³-hybridized carbons (Fsp3) is 0.429. The summed E-state index contributed by atoms with van der Waals surface area (Å²) >= 11 is 5.94. The summed E-state index contributed by atoms with van der Waals surface area (Å²) in [7, 11) is 0. The van der Waals surface area contributed by atoms with Gasteiger partial charge in [0.1, 0.15) is 0 Å². The molecule has 0 heterocycles. The van der Waals surface area contributed by atoms with Crippen LogP contribution in [0.2, 0.25) is 0 Å². The maximum atomic E-state index is 3.70. The van der Waals surface area contributed by atoms with E-state index in [1.54, 1.807) is 0 Å². The van der Waals surface area contributed by atoms with Crippen LogP contribution in [0.5, 0.6) is 0 Å². The summed E-state index contributed by atoms with van der Waals surface area (Å²) < 4.78 is -0.793. The third kappa shape index (κ3) is 6.93. The normalized spacial score (nSPS) is 12.3. The van der Waals surface area contributed by atoms with Gasteiger partial charge in [-0.3, -0.25) is 0 Å². The van der Waals surface area contributed by atoms with Crippen molar-refractivity contribution in [3.63, 3.8) is 0 Å². The quantitative estimate of drug-likeness (QED) is 0.332. The van der Waals surface area contributed by atoms with Crippen LogP contribution in [-0.4, -0.2) is 32.2 Å². The van der Waals surface area contributed by atoms with Crippen molar-refractivity contribution in [3.05, 3.63) is 71.8 Å². The molecule has 130 valence electrons. The van der Waals surface area contributed by atoms with Crippen molar-refractivity contribution in [2.45, 2.75) is 44.8 Å². The fourth-order valence-corrected chi connectivity index (χ4v) is 14.4. The van der Waals surface area contributed by atoms with Crippen LogP contribution in [0, 0.1) is 0 Å². The molecule has 0 amide bonds. The Kier molecular flexibility index (Phi) is 7.89. The molecule has 0 nitrogen and oxygen atoms in total. The molecule has 0 unspecified atom stereocenters. The Labute approximate surface area is 159 Å². The molecule has 0 spiro atoms. The Hall–Kier alpha value is -0.261. The number of aryl methyl sites for hydroxylation is 2. The summed E-state index contributed by atoms with van der Waals surface area (Å²) in [5.74, 6) is 0. The van der Waals surface area contributed by atoms with E-state index in [1.807, 2.05) is 0 Å². The van der Waals surface area contributed by atoms with Gasteiger partial charge in [0.25, 0.3) is 0 Å². The predicted octanol–water partition coefficient (Wildman–Crippen LogP) is 6.41. The average Bonchev–Trinajstić information content (AvgIpc) is 2.60. The van der Waals surface area contributed by atoms with Crippen LogP contribution in [0.1, 0.15) is 38.3 Å². The molecule has 0 fully saturated rings. The zero-order valence-corrected chi connectivity index (χ0v) is 18.5. The molecule has 0 aromatic heterocycles. The van der Waals surface area contributed by atoms with Crippen molar-refractivity contribution < 1.29 is 0 Å². The minimum atomic E-state index is -1.15. The van der Waals surface area contributed by atoms with Gasteiger partial charge in [-0.2, -0.15) is 0 Å². The molecule has 0 radical (unpaired) electrons. The number of rotatable bonds is 9. The van der Waals surface area contributed by atoms with Crippen LogP contribution in [0.15, 0.2) is 60.7 Å². The summed E-state index contributed by atoms with van der Waals surface area (Å²) in [4.78, 5) is 0. The molecular weight excluding hydrogens is 394 g/mol. The van der Waals surface area contributed by atoms with E-state index in [-0.39, 0.29) is 0 Å². The molecule has 0 saturated heterocycles. The van der Waals surface area contributed by atoms with Gasteiger partial charge < -0.3 is 0 Å². The Balaban J connectivity index is 2.06. The van der Waals surface area contributed by atoms with Crippen molar-refractivity contribution in [1.29, 1.82) is 0 Å². The number of hydrogen-bond donors (Lipinski definition) is 0. The molecule has 2 aromatic rings. The monoisotopic (exact) mass is 424 g/mol. The van der Waals surface area contributed by atoms with E-state index in [9.17, 15) is 0 Å². The van der Waals surface area contributed by atoms with Crippen LogP contribution < -0.4 is 0 Å². The van der Waals surface area contributed by atoms with Crippen LogP contribution >= 0.6 is 16.1 Å². The van der Waals surface area contributed by atoms with E-state index in [4.69, 9.17) is 0 Å². The molecule has 3 heteroatoms. The SMILES string of the molecule is CCC(C)(C)SP(=[Se])(CCc1ccccc1)CCc1ccccc1. The van der Waals surface area contributed by atoms with Gasteiger partial charge in [-0.25, -0.2) is 0 Å². The zero-order chi connectivity index (χ0) is 17.5. The first kappa shape index (κ1) is 20.1. The summed E-state index contributed by atoms with van der Waals surface area (Å²) in [6.07, 6.45) is 6.17. The topological polar surface area (TPSA) is 0 Å². The third-order valence-electron chi connectivity index (χ3n) is 4.43. The molecule has 0 aliphatic heterocycles. The van der Waals surface area contributed by atoms with Crippen LogP contribution in [0.4, 0.5) is 0 Å². The van der Waals surface area contributed by atoms with Gasteiger partial charge in [0, 0.05) is 0 Å². The first-order valence-corrected chi connectivity index (χ1v) is 14.6. The molecule has 24 heavy (non-hydrogen) atoms. The van der Waals surface area contributed by atoms with Gasteiger partial charge in [-0.1, -0.05) is 0 Å². The Morgan fingerprint density at radius 1 is 0.833 bits per heavy atom. The van der Waals surface area contributed by atoms with E-state index in [2.05, 4.69) is 108 Å². The zero-order valence-electron chi connectivity index (χ0n) is 15.1. The van der Waals surface area contributed by atoms with Gasteiger partial charge >= 0.3 is 160 Å². The van der Waals surface area contributed by atoms with E-state index < -0.39 is 4.71 Å². The molecule has 0 bridgehead atoms. The van der Waals surface area contributed by atoms with Gasteiger partial charge in [0.15, 0.2) is 0 Å². The first-order valence-electron chi connectivity index (χ1n) is 8.79. The molecule has 0 aliphatic carbocycles. The van der Waals surface area contributed by atoms with Crippen LogP contribution in [0.25, 0.3) is 0 Å². The standard InChI is InChI=1S/C21H29PSSe/c1-4-21(2,3)23-22(24,17-15-19-11-7-5-8-12-19)18-16-20-13-9-6-10-14-20/h5-14H,4,15-18H2,1-3H3.